The van der Waals surface area contributed by atoms with Gasteiger partial charge in [-0.3, -0.25) is 9.59 Å². The fourth-order valence-electron chi connectivity index (χ4n) is 1.65. The lowest BCUT2D eigenvalue weighted by molar-refractivity contribution is -0.121. The van der Waals surface area contributed by atoms with Crippen molar-refractivity contribution in [3.63, 3.8) is 0 Å². The highest BCUT2D eigenvalue weighted by Crippen LogP contribution is 2.03. The number of hydrogen-bond acceptors (Lipinski definition) is 3. The van der Waals surface area contributed by atoms with Gasteiger partial charge in [0, 0.05) is 5.56 Å². The van der Waals surface area contributed by atoms with Gasteiger partial charge in [-0.05, 0) is 25.0 Å². The van der Waals surface area contributed by atoms with Crippen LogP contribution < -0.4 is 10.6 Å². The lowest BCUT2D eigenvalue weighted by Gasteiger charge is -2.19. The van der Waals surface area contributed by atoms with Gasteiger partial charge in [0.2, 0.25) is 5.91 Å². The molecule has 0 aliphatic rings. The second-order valence-electron chi connectivity index (χ2n) is 5.15. The molecule has 0 aromatic heterocycles. The van der Waals surface area contributed by atoms with Crippen molar-refractivity contribution in [3.8, 4) is 0 Å². The molecule has 0 fully saturated rings. The van der Waals surface area contributed by atoms with Crippen LogP contribution in [0.15, 0.2) is 24.3 Å². The monoisotopic (exact) mass is 278 g/mol. The summed E-state index contributed by atoms with van der Waals surface area (Å²) in [6, 6.07) is 6.82. The first-order valence-corrected chi connectivity index (χ1v) is 6.69. The first-order chi connectivity index (χ1) is 9.43. The highest BCUT2D eigenvalue weighted by atomic mass is 16.3. The molecule has 2 amide bonds. The van der Waals surface area contributed by atoms with E-state index < -0.39 is 0 Å². The van der Waals surface area contributed by atoms with Crippen molar-refractivity contribution < 1.29 is 14.7 Å². The van der Waals surface area contributed by atoms with Crippen LogP contribution in [0.1, 0.15) is 29.8 Å². The third-order valence-electron chi connectivity index (χ3n) is 3.07. The Labute approximate surface area is 119 Å². The summed E-state index contributed by atoms with van der Waals surface area (Å²) in [5.74, 6) is -0.458. The summed E-state index contributed by atoms with van der Waals surface area (Å²) in [6.45, 7) is 5.54. The summed E-state index contributed by atoms with van der Waals surface area (Å²) in [5.41, 5.74) is 1.59. The van der Waals surface area contributed by atoms with Gasteiger partial charge >= 0.3 is 0 Å². The number of nitrogens with one attached hydrogen (secondary N) is 2. The van der Waals surface area contributed by atoms with Crippen LogP contribution in [0.2, 0.25) is 0 Å². The Morgan fingerprint density at radius 2 is 1.80 bits per heavy atom. The topological polar surface area (TPSA) is 78.4 Å². The van der Waals surface area contributed by atoms with Crippen molar-refractivity contribution in [2.45, 2.75) is 26.8 Å². The van der Waals surface area contributed by atoms with E-state index in [2.05, 4.69) is 10.6 Å². The Hall–Kier alpha value is -1.88. The van der Waals surface area contributed by atoms with Gasteiger partial charge in [-0.1, -0.05) is 31.5 Å². The molecule has 1 aromatic rings. The first-order valence-electron chi connectivity index (χ1n) is 6.69. The molecule has 0 aliphatic heterocycles. The number of aryl methyl sites for hydroxylation is 1. The fourth-order valence-corrected chi connectivity index (χ4v) is 1.65. The number of amides is 2. The van der Waals surface area contributed by atoms with Crippen molar-refractivity contribution in [2.24, 2.45) is 5.92 Å². The van der Waals surface area contributed by atoms with Gasteiger partial charge in [0.05, 0.1) is 19.2 Å². The molecule has 110 valence electrons. The maximum Gasteiger partial charge on any atom is 0.251 e. The van der Waals surface area contributed by atoms with Gasteiger partial charge in [-0.2, -0.15) is 0 Å². The fraction of sp³-hybridized carbons (Fsp3) is 0.467. The zero-order valence-electron chi connectivity index (χ0n) is 12.1. The zero-order valence-corrected chi connectivity index (χ0v) is 12.1. The Bertz CT molecular complexity index is 455. The van der Waals surface area contributed by atoms with Gasteiger partial charge in [0.15, 0.2) is 0 Å². The van der Waals surface area contributed by atoms with Gasteiger partial charge < -0.3 is 15.7 Å². The van der Waals surface area contributed by atoms with E-state index in [1.54, 1.807) is 12.1 Å². The van der Waals surface area contributed by atoms with E-state index in [1.165, 1.54) is 0 Å². The Balaban J connectivity index is 2.44. The second kappa shape index (κ2) is 7.65. The van der Waals surface area contributed by atoms with E-state index in [4.69, 9.17) is 5.11 Å². The van der Waals surface area contributed by atoms with Crippen LogP contribution in [0.5, 0.6) is 0 Å². The van der Waals surface area contributed by atoms with Crippen LogP contribution in [-0.4, -0.2) is 36.1 Å². The van der Waals surface area contributed by atoms with Crippen LogP contribution >= 0.6 is 0 Å². The predicted octanol–water partition coefficient (Wildman–Crippen LogP) is 0.858. The van der Waals surface area contributed by atoms with Gasteiger partial charge in [0.25, 0.3) is 5.91 Å². The first kappa shape index (κ1) is 16.2. The molecular formula is C15H22N2O3. The van der Waals surface area contributed by atoms with Crippen molar-refractivity contribution >= 4 is 11.8 Å². The van der Waals surface area contributed by atoms with Crippen molar-refractivity contribution in [3.05, 3.63) is 35.4 Å². The van der Waals surface area contributed by atoms with E-state index in [0.717, 1.165) is 5.56 Å². The molecule has 5 nitrogen and oxygen atoms in total. The van der Waals surface area contributed by atoms with E-state index in [-0.39, 0.29) is 36.9 Å². The molecule has 0 heterocycles. The number of rotatable bonds is 6. The second-order valence-corrected chi connectivity index (χ2v) is 5.15. The van der Waals surface area contributed by atoms with E-state index in [0.29, 0.717) is 5.56 Å². The van der Waals surface area contributed by atoms with Crippen LogP contribution in [0, 0.1) is 12.8 Å². The summed E-state index contributed by atoms with van der Waals surface area (Å²) in [5, 5.41) is 14.4. The maximum atomic E-state index is 11.8. The van der Waals surface area contributed by atoms with E-state index >= 15 is 0 Å². The summed E-state index contributed by atoms with van der Waals surface area (Å²) in [4.78, 5) is 23.5. The molecule has 1 rings (SSSR count). The predicted molar refractivity (Wildman–Crippen MR) is 77.4 cm³/mol. The van der Waals surface area contributed by atoms with Crippen LogP contribution in [0.4, 0.5) is 0 Å². The highest BCUT2D eigenvalue weighted by molar-refractivity contribution is 5.96. The minimum Gasteiger partial charge on any atom is -0.394 e. The molecule has 1 aromatic carbocycles. The van der Waals surface area contributed by atoms with Gasteiger partial charge in [-0.25, -0.2) is 0 Å². The van der Waals surface area contributed by atoms with Crippen LogP contribution in [-0.2, 0) is 4.79 Å². The number of aliphatic hydroxyl groups is 1. The molecule has 3 N–H and O–H groups in total. The minimum atomic E-state index is -0.307. The number of carbonyl (C=O) groups excluding carboxylic acids is 2. The average molecular weight is 278 g/mol. The molecule has 0 bridgehead atoms. The zero-order chi connectivity index (χ0) is 15.1. The molecular weight excluding hydrogens is 256 g/mol. The van der Waals surface area contributed by atoms with E-state index in [1.807, 2.05) is 32.9 Å². The van der Waals surface area contributed by atoms with Crippen LogP contribution in [0.3, 0.4) is 0 Å². The van der Waals surface area contributed by atoms with Crippen molar-refractivity contribution in [1.82, 2.24) is 10.6 Å². The number of aliphatic hydroxyl groups excluding tert-OH is 1. The molecule has 0 saturated heterocycles. The summed E-state index contributed by atoms with van der Waals surface area (Å²) < 4.78 is 0. The largest absolute Gasteiger partial charge is 0.394 e. The average Bonchev–Trinajstić information content (AvgIpc) is 2.42. The lowest BCUT2D eigenvalue weighted by atomic mass is 10.1. The molecule has 1 atom stereocenters. The van der Waals surface area contributed by atoms with Gasteiger partial charge in [0.1, 0.15) is 0 Å². The molecule has 0 saturated carbocycles. The van der Waals surface area contributed by atoms with Gasteiger partial charge in [-0.15, -0.1) is 0 Å². The molecule has 0 radical (unpaired) electrons. The molecule has 0 unspecified atom stereocenters. The third-order valence-corrected chi connectivity index (χ3v) is 3.07. The standard InChI is InChI=1S/C15H22N2O3/c1-10(2)13(9-18)17-14(19)8-16-15(20)12-6-4-11(3)5-7-12/h4-7,10,13,18H,8-9H2,1-3H3,(H,16,20)(H,17,19)/t13-/m1/s1. The summed E-state index contributed by atoms with van der Waals surface area (Å²) >= 11 is 0. The van der Waals surface area contributed by atoms with Crippen molar-refractivity contribution in [1.29, 1.82) is 0 Å². The smallest absolute Gasteiger partial charge is 0.251 e. The lowest BCUT2D eigenvalue weighted by Crippen LogP contribution is -2.45. The normalized spacial score (nSPS) is 12.1. The van der Waals surface area contributed by atoms with Crippen molar-refractivity contribution in [2.75, 3.05) is 13.2 Å². The molecule has 5 heteroatoms. The summed E-state index contributed by atoms with van der Waals surface area (Å²) in [6.07, 6.45) is 0. The minimum absolute atomic E-state index is 0.101. The molecule has 20 heavy (non-hydrogen) atoms. The maximum absolute atomic E-state index is 11.8. The summed E-state index contributed by atoms with van der Waals surface area (Å²) in [7, 11) is 0. The third kappa shape index (κ3) is 5.01. The number of hydrogen-bond donors (Lipinski definition) is 3. The number of carbonyl (C=O) groups is 2. The van der Waals surface area contributed by atoms with E-state index in [9.17, 15) is 9.59 Å². The Morgan fingerprint density at radius 1 is 1.20 bits per heavy atom. The SMILES string of the molecule is Cc1ccc(C(=O)NCC(=O)N[C@H](CO)C(C)C)cc1. The Morgan fingerprint density at radius 3 is 2.30 bits per heavy atom. The quantitative estimate of drug-likeness (QED) is 0.722. The number of benzene rings is 1. The molecule has 0 spiro atoms. The highest BCUT2D eigenvalue weighted by Gasteiger charge is 2.15. The molecule has 0 aliphatic carbocycles. The van der Waals surface area contributed by atoms with Crippen LogP contribution in [0.25, 0.3) is 0 Å². The Kier molecular flexibility index (Phi) is 6.18.